The van der Waals surface area contributed by atoms with E-state index in [1.54, 1.807) is 12.1 Å². The van der Waals surface area contributed by atoms with E-state index in [1.165, 1.54) is 17.0 Å². The van der Waals surface area contributed by atoms with Gasteiger partial charge in [-0.15, -0.1) is 0 Å². The first-order valence-corrected chi connectivity index (χ1v) is 9.14. The molecule has 2 N–H and O–H groups in total. The van der Waals surface area contributed by atoms with Crippen LogP contribution in [0.3, 0.4) is 0 Å². The molecule has 1 aromatic heterocycles. The smallest absolute Gasteiger partial charge is 0.287 e. The number of furan rings is 1. The molecule has 0 aliphatic rings. The molecular formula is C22H24N2O3. The molecule has 2 aromatic carbocycles. The molecule has 0 aliphatic carbocycles. The van der Waals surface area contributed by atoms with Crippen molar-refractivity contribution in [1.82, 2.24) is 10.6 Å². The number of rotatable bonds is 7. The van der Waals surface area contributed by atoms with Gasteiger partial charge in [0.25, 0.3) is 5.91 Å². The van der Waals surface area contributed by atoms with Gasteiger partial charge >= 0.3 is 0 Å². The van der Waals surface area contributed by atoms with Crippen molar-refractivity contribution in [2.45, 2.75) is 26.3 Å². The molecule has 1 unspecified atom stereocenters. The maximum Gasteiger partial charge on any atom is 0.287 e. The Kier molecular flexibility index (Phi) is 5.91. The van der Waals surface area contributed by atoms with E-state index in [9.17, 15) is 9.59 Å². The predicted molar refractivity (Wildman–Crippen MR) is 105 cm³/mol. The van der Waals surface area contributed by atoms with Gasteiger partial charge in [0.05, 0.1) is 6.26 Å². The van der Waals surface area contributed by atoms with Crippen molar-refractivity contribution in [2.75, 3.05) is 6.54 Å². The van der Waals surface area contributed by atoms with E-state index in [2.05, 4.69) is 41.0 Å². The van der Waals surface area contributed by atoms with Crippen LogP contribution in [0.5, 0.6) is 0 Å². The lowest BCUT2D eigenvalue weighted by Crippen LogP contribution is -2.50. The number of fused-ring (bicyclic) bond motifs is 1. The largest absolute Gasteiger partial charge is 0.459 e. The summed E-state index contributed by atoms with van der Waals surface area (Å²) in [6.07, 6.45) is 2.16. The van der Waals surface area contributed by atoms with Gasteiger partial charge in [0.1, 0.15) is 6.04 Å². The maximum atomic E-state index is 12.5. The van der Waals surface area contributed by atoms with Crippen molar-refractivity contribution in [3.8, 4) is 0 Å². The molecule has 140 valence electrons. The highest BCUT2D eigenvalue weighted by atomic mass is 16.3. The van der Waals surface area contributed by atoms with Gasteiger partial charge in [-0.25, -0.2) is 0 Å². The summed E-state index contributed by atoms with van der Waals surface area (Å²) in [5, 5.41) is 8.06. The average molecular weight is 364 g/mol. The van der Waals surface area contributed by atoms with Crippen LogP contribution < -0.4 is 10.6 Å². The van der Waals surface area contributed by atoms with Crippen molar-refractivity contribution in [3.63, 3.8) is 0 Å². The lowest BCUT2D eigenvalue weighted by Gasteiger charge is -2.21. The number of amides is 2. The number of nitrogens with one attached hydrogen (secondary N) is 2. The number of carbonyl (C=O) groups is 2. The SMILES string of the molecule is CC(C)C(NC(=O)c1ccco1)C(=O)NCCc1ccc2ccccc2c1. The normalized spacial score (nSPS) is 12.1. The molecule has 0 bridgehead atoms. The molecule has 0 spiro atoms. The van der Waals surface area contributed by atoms with E-state index in [0.29, 0.717) is 6.54 Å². The summed E-state index contributed by atoms with van der Waals surface area (Å²) in [7, 11) is 0. The fraction of sp³-hybridized carbons (Fsp3) is 0.273. The van der Waals surface area contributed by atoms with E-state index < -0.39 is 6.04 Å². The summed E-state index contributed by atoms with van der Waals surface area (Å²) >= 11 is 0. The van der Waals surface area contributed by atoms with Crippen LogP contribution in [0, 0.1) is 5.92 Å². The summed E-state index contributed by atoms with van der Waals surface area (Å²) in [6, 6.07) is 17.1. The Bertz CT molecular complexity index is 916. The topological polar surface area (TPSA) is 71.3 Å². The molecule has 5 heteroatoms. The number of benzene rings is 2. The molecule has 0 radical (unpaired) electrons. The zero-order valence-electron chi connectivity index (χ0n) is 15.6. The van der Waals surface area contributed by atoms with E-state index >= 15 is 0 Å². The van der Waals surface area contributed by atoms with Crippen LogP contribution in [0.15, 0.2) is 65.3 Å². The molecule has 0 saturated heterocycles. The van der Waals surface area contributed by atoms with Gasteiger partial charge in [0, 0.05) is 6.54 Å². The molecule has 2 amide bonds. The fourth-order valence-corrected chi connectivity index (χ4v) is 2.99. The number of carbonyl (C=O) groups excluding carboxylic acids is 2. The van der Waals surface area contributed by atoms with Gasteiger partial charge in [-0.05, 0) is 40.8 Å². The molecule has 1 atom stereocenters. The summed E-state index contributed by atoms with van der Waals surface area (Å²) in [6.45, 7) is 4.31. The Morgan fingerprint density at radius 3 is 2.48 bits per heavy atom. The second-order valence-electron chi connectivity index (χ2n) is 6.89. The zero-order valence-corrected chi connectivity index (χ0v) is 15.6. The minimum atomic E-state index is -0.612. The third kappa shape index (κ3) is 4.76. The van der Waals surface area contributed by atoms with Crippen molar-refractivity contribution in [3.05, 3.63) is 72.2 Å². The van der Waals surface area contributed by atoms with E-state index in [0.717, 1.165) is 12.0 Å². The second-order valence-corrected chi connectivity index (χ2v) is 6.89. The highest BCUT2D eigenvalue weighted by molar-refractivity contribution is 5.95. The molecule has 5 nitrogen and oxygen atoms in total. The lowest BCUT2D eigenvalue weighted by molar-refractivity contribution is -0.123. The molecule has 0 saturated carbocycles. The maximum absolute atomic E-state index is 12.5. The monoisotopic (exact) mass is 364 g/mol. The van der Waals surface area contributed by atoms with Crippen LogP contribution in [-0.2, 0) is 11.2 Å². The van der Waals surface area contributed by atoms with Crippen molar-refractivity contribution in [2.24, 2.45) is 5.92 Å². The Morgan fingerprint density at radius 1 is 1.00 bits per heavy atom. The van der Waals surface area contributed by atoms with Gasteiger partial charge in [-0.3, -0.25) is 9.59 Å². The summed E-state index contributed by atoms with van der Waals surface area (Å²) in [5.74, 6) is -0.414. The molecule has 0 fully saturated rings. The number of hydrogen-bond donors (Lipinski definition) is 2. The summed E-state index contributed by atoms with van der Waals surface area (Å²) < 4.78 is 5.09. The van der Waals surface area contributed by atoms with Crippen LogP contribution in [0.1, 0.15) is 30.0 Å². The molecule has 3 aromatic rings. The van der Waals surface area contributed by atoms with Crippen molar-refractivity contribution < 1.29 is 14.0 Å². The molecule has 27 heavy (non-hydrogen) atoms. The van der Waals surface area contributed by atoms with Crippen molar-refractivity contribution in [1.29, 1.82) is 0 Å². The Morgan fingerprint density at radius 2 is 1.78 bits per heavy atom. The van der Waals surface area contributed by atoms with Crippen LogP contribution >= 0.6 is 0 Å². The Hall–Kier alpha value is -3.08. The minimum absolute atomic E-state index is 0.0374. The van der Waals surface area contributed by atoms with Crippen molar-refractivity contribution >= 4 is 22.6 Å². The summed E-state index contributed by atoms with van der Waals surface area (Å²) in [5.41, 5.74) is 1.16. The van der Waals surface area contributed by atoms with Gasteiger partial charge in [0.15, 0.2) is 5.76 Å². The third-order valence-corrected chi connectivity index (χ3v) is 4.51. The minimum Gasteiger partial charge on any atom is -0.459 e. The predicted octanol–water partition coefficient (Wildman–Crippen LogP) is 3.55. The van der Waals surface area contributed by atoms with Gasteiger partial charge in [-0.2, -0.15) is 0 Å². The summed E-state index contributed by atoms with van der Waals surface area (Å²) in [4.78, 5) is 24.7. The first-order chi connectivity index (χ1) is 13.0. The molecule has 1 heterocycles. The first-order valence-electron chi connectivity index (χ1n) is 9.14. The highest BCUT2D eigenvalue weighted by Crippen LogP contribution is 2.15. The van der Waals surface area contributed by atoms with Gasteiger partial charge in [-0.1, -0.05) is 56.3 Å². The first kappa shape index (κ1) is 18.7. The highest BCUT2D eigenvalue weighted by Gasteiger charge is 2.25. The third-order valence-electron chi connectivity index (χ3n) is 4.51. The molecule has 3 rings (SSSR count). The standard InChI is InChI=1S/C22H24N2O3/c1-15(2)20(24-21(25)19-8-5-13-27-19)22(26)23-12-11-16-9-10-17-6-3-4-7-18(17)14-16/h3-10,13-15,20H,11-12H2,1-2H3,(H,23,26)(H,24,25). The quantitative estimate of drug-likeness (QED) is 0.673. The molecular weight excluding hydrogens is 340 g/mol. The lowest BCUT2D eigenvalue weighted by atomic mass is 10.0. The van der Waals surface area contributed by atoms with Crippen LogP contribution in [0.25, 0.3) is 10.8 Å². The van der Waals surface area contributed by atoms with Gasteiger partial charge < -0.3 is 15.1 Å². The van der Waals surface area contributed by atoms with E-state index in [4.69, 9.17) is 4.42 Å². The van der Waals surface area contributed by atoms with Crippen LogP contribution in [0.4, 0.5) is 0 Å². The second kappa shape index (κ2) is 8.54. The fourth-order valence-electron chi connectivity index (χ4n) is 2.99. The van der Waals surface area contributed by atoms with Crippen LogP contribution in [0.2, 0.25) is 0 Å². The van der Waals surface area contributed by atoms with E-state index in [1.807, 2.05) is 26.0 Å². The van der Waals surface area contributed by atoms with E-state index in [-0.39, 0.29) is 23.5 Å². The van der Waals surface area contributed by atoms with Crippen LogP contribution in [-0.4, -0.2) is 24.4 Å². The number of hydrogen-bond acceptors (Lipinski definition) is 3. The Labute approximate surface area is 158 Å². The molecule has 0 aliphatic heterocycles. The van der Waals surface area contributed by atoms with Gasteiger partial charge in [0.2, 0.25) is 5.91 Å². The zero-order chi connectivity index (χ0) is 19.2. The average Bonchev–Trinajstić information content (AvgIpc) is 3.20. The Balaban J connectivity index is 1.56.